The van der Waals surface area contributed by atoms with Crippen molar-refractivity contribution in [2.24, 2.45) is 5.92 Å². The minimum absolute atomic E-state index is 0.0696. The summed E-state index contributed by atoms with van der Waals surface area (Å²) in [6, 6.07) is 16.8. The largest absolute Gasteiger partial charge is 0.445 e. The van der Waals surface area contributed by atoms with Crippen LogP contribution in [-0.4, -0.2) is 18.0 Å². The number of benzene rings is 2. The van der Waals surface area contributed by atoms with Gasteiger partial charge in [-0.25, -0.2) is 4.79 Å². The molecule has 0 unspecified atom stereocenters. The molecule has 0 spiro atoms. The molecule has 0 saturated carbocycles. The van der Waals surface area contributed by atoms with Crippen molar-refractivity contribution in [3.63, 3.8) is 0 Å². The molecule has 0 aliphatic carbocycles. The molecule has 1 saturated heterocycles. The lowest BCUT2D eigenvalue weighted by molar-refractivity contribution is -0.122. The smallest absolute Gasteiger partial charge is 0.407 e. The molecule has 130 valence electrons. The molecule has 25 heavy (non-hydrogen) atoms. The van der Waals surface area contributed by atoms with Crippen molar-refractivity contribution in [2.75, 3.05) is 0 Å². The maximum Gasteiger partial charge on any atom is 0.407 e. The van der Waals surface area contributed by atoms with Gasteiger partial charge in [-0.1, -0.05) is 67.1 Å². The fourth-order valence-corrected chi connectivity index (χ4v) is 3.09. The van der Waals surface area contributed by atoms with E-state index in [0.29, 0.717) is 0 Å². The van der Waals surface area contributed by atoms with E-state index in [4.69, 9.17) is 4.74 Å². The summed E-state index contributed by atoms with van der Waals surface area (Å²) in [7, 11) is 0. The molecular formula is C20H22N2O3. The minimum Gasteiger partial charge on any atom is -0.445 e. The molecule has 1 fully saturated rings. The monoisotopic (exact) mass is 338 g/mol. The quantitative estimate of drug-likeness (QED) is 0.900. The number of hydrogen-bond donors (Lipinski definition) is 2. The van der Waals surface area contributed by atoms with Gasteiger partial charge in [-0.05, 0) is 18.1 Å². The van der Waals surface area contributed by atoms with Crippen molar-refractivity contribution in [3.05, 3.63) is 71.3 Å². The Morgan fingerprint density at radius 3 is 2.64 bits per heavy atom. The van der Waals surface area contributed by atoms with E-state index in [1.807, 2.05) is 68.4 Å². The number of carbonyl (C=O) groups excluding carboxylic acids is 2. The molecule has 2 N–H and O–H groups in total. The van der Waals surface area contributed by atoms with Crippen LogP contribution in [-0.2, 0) is 16.1 Å². The molecule has 2 aromatic rings. The van der Waals surface area contributed by atoms with Gasteiger partial charge in [0.05, 0.1) is 18.0 Å². The first kappa shape index (κ1) is 17.0. The lowest BCUT2D eigenvalue weighted by Crippen LogP contribution is -2.41. The van der Waals surface area contributed by atoms with Gasteiger partial charge in [-0.2, -0.15) is 0 Å². The van der Waals surface area contributed by atoms with Gasteiger partial charge in [0, 0.05) is 0 Å². The molecule has 1 heterocycles. The van der Waals surface area contributed by atoms with Crippen molar-refractivity contribution in [1.29, 1.82) is 0 Å². The first-order valence-corrected chi connectivity index (χ1v) is 8.39. The molecule has 3 rings (SSSR count). The zero-order valence-electron chi connectivity index (χ0n) is 14.4. The Labute approximate surface area is 147 Å². The number of alkyl carbamates (subject to hydrolysis) is 1. The Morgan fingerprint density at radius 2 is 1.92 bits per heavy atom. The average molecular weight is 338 g/mol. The van der Waals surface area contributed by atoms with Gasteiger partial charge < -0.3 is 15.4 Å². The fraction of sp³-hybridized carbons (Fsp3) is 0.300. The van der Waals surface area contributed by atoms with Crippen molar-refractivity contribution in [3.8, 4) is 0 Å². The van der Waals surface area contributed by atoms with Crippen LogP contribution >= 0.6 is 0 Å². The van der Waals surface area contributed by atoms with Crippen molar-refractivity contribution >= 4 is 12.0 Å². The summed E-state index contributed by atoms with van der Waals surface area (Å²) in [5.74, 6) is -0.394. The number of ether oxygens (including phenoxy) is 1. The third-order valence-electron chi connectivity index (χ3n) is 4.51. The Kier molecular flexibility index (Phi) is 5.03. The van der Waals surface area contributed by atoms with E-state index >= 15 is 0 Å². The standard InChI is InChI=1S/C20H22N2O3/c1-13-7-6-10-16(11-13)18-17(14(2)19(23)21-18)22-20(24)25-12-15-8-4-3-5-9-15/h3-11,14,17-18H,12H2,1-2H3,(H,21,23)(H,22,24)/t14-,17-,18-/m0/s1. The summed E-state index contributed by atoms with van der Waals surface area (Å²) in [6.45, 7) is 4.01. The van der Waals surface area contributed by atoms with E-state index in [1.54, 1.807) is 0 Å². The Balaban J connectivity index is 1.67. The summed E-state index contributed by atoms with van der Waals surface area (Å²) >= 11 is 0. The zero-order valence-corrected chi connectivity index (χ0v) is 14.4. The van der Waals surface area contributed by atoms with Crippen LogP contribution in [0.15, 0.2) is 54.6 Å². The van der Waals surface area contributed by atoms with Gasteiger partial charge in [0.1, 0.15) is 6.61 Å². The SMILES string of the molecule is Cc1cccc([C@@H]2NC(=O)[C@@H](C)[C@@H]2NC(=O)OCc2ccccc2)c1. The Morgan fingerprint density at radius 1 is 1.16 bits per heavy atom. The van der Waals surface area contributed by atoms with Gasteiger partial charge in [0.25, 0.3) is 0 Å². The summed E-state index contributed by atoms with van der Waals surface area (Å²) < 4.78 is 5.29. The molecule has 2 amide bonds. The normalized spacial score (nSPS) is 22.3. The molecule has 5 nitrogen and oxygen atoms in total. The summed E-state index contributed by atoms with van der Waals surface area (Å²) in [5.41, 5.74) is 3.00. The van der Waals surface area contributed by atoms with Gasteiger partial charge in [-0.15, -0.1) is 0 Å². The van der Waals surface area contributed by atoms with Crippen LogP contribution in [0.1, 0.15) is 29.7 Å². The van der Waals surface area contributed by atoms with Crippen molar-refractivity contribution in [2.45, 2.75) is 32.5 Å². The van der Waals surface area contributed by atoms with E-state index in [0.717, 1.165) is 16.7 Å². The first-order chi connectivity index (χ1) is 12.0. The first-order valence-electron chi connectivity index (χ1n) is 8.39. The molecule has 3 atom stereocenters. The third kappa shape index (κ3) is 3.99. The molecule has 1 aliphatic heterocycles. The van der Waals surface area contributed by atoms with Crippen LogP contribution in [0.4, 0.5) is 4.79 Å². The number of nitrogens with one attached hydrogen (secondary N) is 2. The van der Waals surface area contributed by atoms with Crippen LogP contribution in [0.2, 0.25) is 0 Å². The van der Waals surface area contributed by atoms with E-state index in [9.17, 15) is 9.59 Å². The zero-order chi connectivity index (χ0) is 17.8. The minimum atomic E-state index is -0.519. The van der Waals surface area contributed by atoms with Crippen LogP contribution in [0.25, 0.3) is 0 Å². The number of carbonyl (C=O) groups is 2. The maximum atomic E-state index is 12.2. The Bertz CT molecular complexity index is 761. The lowest BCUT2D eigenvalue weighted by atomic mass is 9.94. The van der Waals surface area contributed by atoms with Gasteiger partial charge in [0.2, 0.25) is 5.91 Å². The number of amides is 2. The highest BCUT2D eigenvalue weighted by molar-refractivity contribution is 5.83. The molecule has 1 aliphatic rings. The van der Waals surface area contributed by atoms with Crippen LogP contribution in [0.3, 0.4) is 0 Å². The number of aryl methyl sites for hydroxylation is 1. The topological polar surface area (TPSA) is 67.4 Å². The van der Waals surface area contributed by atoms with Crippen LogP contribution in [0, 0.1) is 12.8 Å². The highest BCUT2D eigenvalue weighted by atomic mass is 16.5. The molecule has 2 aromatic carbocycles. The Hall–Kier alpha value is -2.82. The predicted molar refractivity (Wildman–Crippen MR) is 94.8 cm³/mol. The predicted octanol–water partition coefficient (Wildman–Crippen LogP) is 3.10. The maximum absolute atomic E-state index is 12.2. The highest BCUT2D eigenvalue weighted by Gasteiger charge is 2.41. The second kappa shape index (κ2) is 7.38. The number of rotatable bonds is 4. The van der Waals surface area contributed by atoms with E-state index in [1.165, 1.54) is 0 Å². The second-order valence-electron chi connectivity index (χ2n) is 6.42. The molecule has 0 aromatic heterocycles. The second-order valence-corrected chi connectivity index (χ2v) is 6.42. The van der Waals surface area contributed by atoms with Crippen LogP contribution < -0.4 is 10.6 Å². The molecule has 5 heteroatoms. The summed E-state index contributed by atoms with van der Waals surface area (Å²) in [5, 5.41) is 5.82. The summed E-state index contributed by atoms with van der Waals surface area (Å²) in [4.78, 5) is 24.3. The molecule has 0 bridgehead atoms. The fourth-order valence-electron chi connectivity index (χ4n) is 3.09. The number of hydrogen-bond acceptors (Lipinski definition) is 3. The van der Waals surface area contributed by atoms with Gasteiger partial charge >= 0.3 is 6.09 Å². The molecule has 0 radical (unpaired) electrons. The highest BCUT2D eigenvalue weighted by Crippen LogP contribution is 2.29. The average Bonchev–Trinajstić information content (AvgIpc) is 2.89. The van der Waals surface area contributed by atoms with Gasteiger partial charge in [0.15, 0.2) is 0 Å². The van der Waals surface area contributed by atoms with Crippen molar-refractivity contribution in [1.82, 2.24) is 10.6 Å². The molecular weight excluding hydrogens is 316 g/mol. The van der Waals surface area contributed by atoms with Crippen LogP contribution in [0.5, 0.6) is 0 Å². The van der Waals surface area contributed by atoms with Gasteiger partial charge in [-0.3, -0.25) is 4.79 Å². The van der Waals surface area contributed by atoms with E-state index in [-0.39, 0.29) is 30.5 Å². The van der Waals surface area contributed by atoms with E-state index < -0.39 is 6.09 Å². The van der Waals surface area contributed by atoms with Crippen molar-refractivity contribution < 1.29 is 14.3 Å². The lowest BCUT2D eigenvalue weighted by Gasteiger charge is -2.22. The van der Waals surface area contributed by atoms with E-state index in [2.05, 4.69) is 10.6 Å². The summed E-state index contributed by atoms with van der Waals surface area (Å²) in [6.07, 6.45) is -0.519. The third-order valence-corrected chi connectivity index (χ3v) is 4.51.